The Hall–Kier alpha value is -2.15. The minimum atomic E-state index is -4.37. The van der Waals surface area contributed by atoms with E-state index >= 15 is 0 Å². The number of ketones is 1. The molecule has 0 aliphatic carbocycles. The van der Waals surface area contributed by atoms with Crippen LogP contribution in [0.25, 0.3) is 0 Å². The van der Waals surface area contributed by atoms with Gasteiger partial charge in [-0.15, -0.1) is 0 Å². The molecular weight excluding hydrogens is 329 g/mol. The van der Waals surface area contributed by atoms with Crippen LogP contribution in [0.4, 0.5) is 13.2 Å². The van der Waals surface area contributed by atoms with Crippen LogP contribution in [-0.2, 0) is 5.75 Å². The van der Waals surface area contributed by atoms with Gasteiger partial charge < -0.3 is 9.47 Å². The largest absolute Gasteiger partial charge is 0.454 e. The van der Waals surface area contributed by atoms with E-state index < -0.39 is 5.51 Å². The van der Waals surface area contributed by atoms with Crippen LogP contribution in [0.2, 0.25) is 0 Å². The molecule has 0 N–H and O–H groups in total. The van der Waals surface area contributed by atoms with Crippen LogP contribution >= 0.6 is 11.8 Å². The number of carbonyl (C=O) groups is 1. The lowest BCUT2D eigenvalue weighted by molar-refractivity contribution is -0.0329. The van der Waals surface area contributed by atoms with Crippen molar-refractivity contribution in [2.24, 2.45) is 0 Å². The van der Waals surface area contributed by atoms with E-state index in [9.17, 15) is 18.0 Å². The molecule has 1 heterocycles. The van der Waals surface area contributed by atoms with Crippen LogP contribution < -0.4 is 9.47 Å². The summed E-state index contributed by atoms with van der Waals surface area (Å²) in [5.74, 6) is 0.00715. The van der Waals surface area contributed by atoms with Crippen LogP contribution in [0.15, 0.2) is 42.5 Å². The lowest BCUT2D eigenvalue weighted by atomic mass is 9.98. The zero-order valence-electron chi connectivity index (χ0n) is 11.7. The Morgan fingerprint density at radius 2 is 1.74 bits per heavy atom. The van der Waals surface area contributed by atoms with E-state index in [0.717, 1.165) is 0 Å². The highest BCUT2D eigenvalue weighted by molar-refractivity contribution is 7.99. The first-order chi connectivity index (χ1) is 10.9. The Morgan fingerprint density at radius 1 is 1.09 bits per heavy atom. The number of rotatable bonds is 4. The number of fused-ring (bicyclic) bond motifs is 1. The van der Waals surface area contributed by atoms with Crippen molar-refractivity contribution in [3.8, 4) is 11.5 Å². The highest BCUT2D eigenvalue weighted by Crippen LogP contribution is 2.39. The molecule has 0 unspecified atom stereocenters. The van der Waals surface area contributed by atoms with Gasteiger partial charge in [-0.3, -0.25) is 4.79 Å². The van der Waals surface area contributed by atoms with Gasteiger partial charge in [-0.05, 0) is 29.5 Å². The molecule has 1 aliphatic heterocycles. The average Bonchev–Trinajstić information content (AvgIpc) is 2.98. The Balaban J connectivity index is 1.98. The molecule has 23 heavy (non-hydrogen) atoms. The molecule has 0 saturated carbocycles. The molecule has 120 valence electrons. The third-order valence-electron chi connectivity index (χ3n) is 3.27. The maximum absolute atomic E-state index is 12.6. The van der Waals surface area contributed by atoms with Crippen LogP contribution in [0.3, 0.4) is 0 Å². The van der Waals surface area contributed by atoms with Crippen molar-refractivity contribution in [2.45, 2.75) is 11.3 Å². The van der Waals surface area contributed by atoms with Crippen LogP contribution in [0.1, 0.15) is 21.5 Å². The standard InChI is InChI=1S/C16H11F3O3S/c17-16(18,19)23-8-11-6-13-14(22-9-21-13)7-12(11)15(20)10-4-2-1-3-5-10/h1-7H,8-9H2. The van der Waals surface area contributed by atoms with Crippen molar-refractivity contribution in [3.63, 3.8) is 0 Å². The molecule has 3 nitrogen and oxygen atoms in total. The second kappa shape index (κ2) is 6.16. The molecule has 3 rings (SSSR count). The predicted molar refractivity (Wildman–Crippen MR) is 79.8 cm³/mol. The second-order valence-corrected chi connectivity index (χ2v) is 5.83. The van der Waals surface area contributed by atoms with Gasteiger partial charge >= 0.3 is 5.51 Å². The SMILES string of the molecule is O=C(c1ccccc1)c1cc2c(cc1CSC(F)(F)F)OCO2. The minimum absolute atomic E-state index is 0.00975. The van der Waals surface area contributed by atoms with Crippen LogP contribution in [0.5, 0.6) is 11.5 Å². The molecule has 0 atom stereocenters. The van der Waals surface area contributed by atoms with Crippen molar-refractivity contribution in [3.05, 3.63) is 59.2 Å². The van der Waals surface area contributed by atoms with Gasteiger partial charge in [0.2, 0.25) is 6.79 Å². The molecular formula is C16H11F3O3S. The molecule has 0 amide bonds. The fourth-order valence-corrected chi connectivity index (χ4v) is 2.78. The fraction of sp³-hybridized carbons (Fsp3) is 0.188. The first-order valence-electron chi connectivity index (χ1n) is 6.67. The van der Waals surface area contributed by atoms with Gasteiger partial charge in [0.15, 0.2) is 17.3 Å². The number of alkyl halides is 3. The van der Waals surface area contributed by atoms with Gasteiger partial charge in [0.25, 0.3) is 0 Å². The Morgan fingerprint density at radius 3 is 2.39 bits per heavy atom. The molecule has 0 spiro atoms. The third-order valence-corrected chi connectivity index (χ3v) is 4.05. The van der Waals surface area contributed by atoms with Gasteiger partial charge in [-0.2, -0.15) is 13.2 Å². The van der Waals surface area contributed by atoms with Crippen molar-refractivity contribution < 1.29 is 27.4 Å². The number of hydrogen-bond donors (Lipinski definition) is 0. The van der Waals surface area contributed by atoms with Gasteiger partial charge in [0, 0.05) is 16.9 Å². The van der Waals surface area contributed by atoms with E-state index in [2.05, 4.69) is 0 Å². The molecule has 0 aromatic heterocycles. The van der Waals surface area contributed by atoms with Crippen LogP contribution in [-0.4, -0.2) is 18.1 Å². The minimum Gasteiger partial charge on any atom is -0.454 e. The molecule has 1 aliphatic rings. The summed E-state index contributed by atoms with van der Waals surface area (Å²) in [5, 5.41) is 0. The van der Waals surface area contributed by atoms with Gasteiger partial charge in [-0.25, -0.2) is 0 Å². The number of carbonyl (C=O) groups excluding carboxylic acids is 1. The zero-order valence-corrected chi connectivity index (χ0v) is 12.5. The first-order valence-corrected chi connectivity index (χ1v) is 7.65. The van der Waals surface area contributed by atoms with Crippen molar-refractivity contribution in [1.82, 2.24) is 0 Å². The fourth-order valence-electron chi connectivity index (χ4n) is 2.22. The lowest BCUT2D eigenvalue weighted by Crippen LogP contribution is -2.07. The number of ether oxygens (including phenoxy) is 2. The number of hydrogen-bond acceptors (Lipinski definition) is 4. The smallest absolute Gasteiger partial charge is 0.442 e. The Kier molecular flexibility index (Phi) is 4.21. The average molecular weight is 340 g/mol. The number of benzene rings is 2. The topological polar surface area (TPSA) is 35.5 Å². The van der Waals surface area contributed by atoms with E-state index in [0.29, 0.717) is 17.1 Å². The van der Waals surface area contributed by atoms with Crippen molar-refractivity contribution in [1.29, 1.82) is 0 Å². The summed E-state index contributed by atoms with van der Waals surface area (Å²) in [6.07, 6.45) is 0. The summed E-state index contributed by atoms with van der Waals surface area (Å²) in [7, 11) is 0. The van der Waals surface area contributed by atoms with E-state index in [-0.39, 0.29) is 41.2 Å². The maximum atomic E-state index is 12.6. The van der Waals surface area contributed by atoms with Crippen molar-refractivity contribution in [2.75, 3.05) is 6.79 Å². The van der Waals surface area contributed by atoms with Crippen molar-refractivity contribution >= 4 is 17.5 Å². The summed E-state index contributed by atoms with van der Waals surface area (Å²) in [4.78, 5) is 12.6. The molecule has 0 fully saturated rings. The molecule has 2 aromatic carbocycles. The molecule has 0 radical (unpaired) electrons. The van der Waals surface area contributed by atoms with Crippen LogP contribution in [0, 0.1) is 0 Å². The van der Waals surface area contributed by atoms with Gasteiger partial charge in [-0.1, -0.05) is 30.3 Å². The van der Waals surface area contributed by atoms with Gasteiger partial charge in [0.05, 0.1) is 0 Å². The normalized spacial score (nSPS) is 13.2. The van der Waals surface area contributed by atoms with E-state index in [1.807, 2.05) is 0 Å². The Labute approximate surface area is 134 Å². The monoisotopic (exact) mass is 340 g/mol. The van der Waals surface area contributed by atoms with E-state index in [4.69, 9.17) is 9.47 Å². The number of thioether (sulfide) groups is 1. The lowest BCUT2D eigenvalue weighted by Gasteiger charge is -2.11. The Bertz CT molecular complexity index is 729. The quantitative estimate of drug-likeness (QED) is 0.773. The summed E-state index contributed by atoms with van der Waals surface area (Å²) >= 11 is -0.190. The van der Waals surface area contributed by atoms with Gasteiger partial charge in [0.1, 0.15) is 0 Å². The highest BCUT2D eigenvalue weighted by atomic mass is 32.2. The van der Waals surface area contributed by atoms with E-state index in [1.165, 1.54) is 12.1 Å². The molecule has 7 heteroatoms. The second-order valence-electron chi connectivity index (χ2n) is 4.79. The molecule has 0 saturated heterocycles. The molecule has 2 aromatic rings. The zero-order chi connectivity index (χ0) is 16.4. The summed E-state index contributed by atoms with van der Waals surface area (Å²) in [6.45, 7) is -0.00975. The summed E-state index contributed by atoms with van der Waals surface area (Å²) in [5.41, 5.74) is -3.50. The highest BCUT2D eigenvalue weighted by Gasteiger charge is 2.30. The number of halogens is 3. The first kappa shape index (κ1) is 15.7. The van der Waals surface area contributed by atoms with E-state index in [1.54, 1.807) is 30.3 Å². The predicted octanol–water partition coefficient (Wildman–Crippen LogP) is 4.40. The third kappa shape index (κ3) is 3.61. The summed E-state index contributed by atoms with van der Waals surface area (Å²) < 4.78 is 47.9. The molecule has 0 bridgehead atoms. The summed E-state index contributed by atoms with van der Waals surface area (Å²) in [6, 6.07) is 11.3. The maximum Gasteiger partial charge on any atom is 0.442 e.